The van der Waals surface area contributed by atoms with Gasteiger partial charge in [0.15, 0.2) is 0 Å². The van der Waals surface area contributed by atoms with Crippen molar-refractivity contribution in [2.24, 2.45) is 5.41 Å². The van der Waals surface area contributed by atoms with Gasteiger partial charge in [0, 0.05) is 5.69 Å². The van der Waals surface area contributed by atoms with E-state index in [-0.39, 0.29) is 6.09 Å². The van der Waals surface area contributed by atoms with Crippen molar-refractivity contribution in [3.63, 3.8) is 0 Å². The Labute approximate surface area is 103 Å². The van der Waals surface area contributed by atoms with Crippen LogP contribution in [0.2, 0.25) is 0 Å². The number of amides is 1. The van der Waals surface area contributed by atoms with Crippen molar-refractivity contribution in [2.75, 3.05) is 11.9 Å². The lowest BCUT2D eigenvalue weighted by atomic mass is 9.91. The predicted octanol–water partition coefficient (Wildman–Crippen LogP) is 4.06. The Balaban J connectivity index is 2.18. The first-order valence-electron chi connectivity index (χ1n) is 5.96. The first-order chi connectivity index (χ1) is 7.97. The number of rotatable bonds is 4. The molecule has 3 nitrogen and oxygen atoms in total. The molecule has 0 spiro atoms. The van der Waals surface area contributed by atoms with Crippen LogP contribution < -0.4 is 5.32 Å². The van der Waals surface area contributed by atoms with Crippen LogP contribution >= 0.6 is 0 Å². The Morgan fingerprint density at radius 1 is 1.24 bits per heavy atom. The van der Waals surface area contributed by atoms with Gasteiger partial charge in [-0.2, -0.15) is 0 Å². The lowest BCUT2D eigenvalue weighted by molar-refractivity contribution is 0.154. The van der Waals surface area contributed by atoms with Gasteiger partial charge in [-0.1, -0.05) is 39.0 Å². The molecule has 94 valence electrons. The van der Waals surface area contributed by atoms with Gasteiger partial charge in [0.25, 0.3) is 0 Å². The Kier molecular flexibility index (Phi) is 5.01. The van der Waals surface area contributed by atoms with E-state index in [1.807, 2.05) is 30.3 Å². The molecular formula is C14H21NO2. The fraction of sp³-hybridized carbons (Fsp3) is 0.500. The number of anilines is 1. The van der Waals surface area contributed by atoms with E-state index in [9.17, 15) is 4.79 Å². The second kappa shape index (κ2) is 6.28. The van der Waals surface area contributed by atoms with Crippen LogP contribution in [0.25, 0.3) is 0 Å². The zero-order chi connectivity index (χ0) is 12.7. The van der Waals surface area contributed by atoms with Gasteiger partial charge in [0.2, 0.25) is 0 Å². The summed E-state index contributed by atoms with van der Waals surface area (Å²) in [4.78, 5) is 11.4. The molecule has 0 saturated carbocycles. The summed E-state index contributed by atoms with van der Waals surface area (Å²) in [6, 6.07) is 9.30. The van der Waals surface area contributed by atoms with E-state index in [4.69, 9.17) is 4.74 Å². The van der Waals surface area contributed by atoms with Gasteiger partial charge in [-0.3, -0.25) is 5.32 Å². The quantitative estimate of drug-likeness (QED) is 0.799. The van der Waals surface area contributed by atoms with Crippen molar-refractivity contribution in [3.05, 3.63) is 30.3 Å². The van der Waals surface area contributed by atoms with Gasteiger partial charge in [0.05, 0.1) is 6.61 Å². The number of carbonyl (C=O) groups is 1. The van der Waals surface area contributed by atoms with Gasteiger partial charge in [-0.05, 0) is 30.4 Å². The number of para-hydroxylation sites is 1. The molecule has 0 bridgehead atoms. The van der Waals surface area contributed by atoms with Crippen LogP contribution in [0.4, 0.5) is 10.5 Å². The molecule has 0 fully saturated rings. The largest absolute Gasteiger partial charge is 0.449 e. The SMILES string of the molecule is CC(C)(C)CCCOC(=O)Nc1ccccc1. The molecule has 1 amide bonds. The average molecular weight is 235 g/mol. The fourth-order valence-corrected chi connectivity index (χ4v) is 1.44. The van der Waals surface area contributed by atoms with Crippen LogP contribution in [-0.4, -0.2) is 12.7 Å². The average Bonchev–Trinajstić information content (AvgIpc) is 2.25. The second-order valence-corrected chi connectivity index (χ2v) is 5.29. The molecular weight excluding hydrogens is 214 g/mol. The predicted molar refractivity (Wildman–Crippen MR) is 70.1 cm³/mol. The Bertz CT molecular complexity index is 341. The normalized spacial score (nSPS) is 11.0. The lowest BCUT2D eigenvalue weighted by Crippen LogP contribution is -2.15. The molecule has 1 aromatic carbocycles. The third-order valence-electron chi connectivity index (χ3n) is 2.32. The van der Waals surface area contributed by atoms with Crippen LogP contribution in [0.3, 0.4) is 0 Å². The summed E-state index contributed by atoms with van der Waals surface area (Å²) in [5.74, 6) is 0. The molecule has 0 atom stereocenters. The van der Waals surface area contributed by atoms with Gasteiger partial charge < -0.3 is 4.74 Å². The number of carbonyl (C=O) groups excluding carboxylic acids is 1. The van der Waals surface area contributed by atoms with E-state index in [0.717, 1.165) is 18.5 Å². The molecule has 0 aliphatic rings. The standard InChI is InChI=1S/C14H21NO2/c1-14(2,3)10-7-11-17-13(16)15-12-8-5-4-6-9-12/h4-6,8-9H,7,10-11H2,1-3H3,(H,15,16). The maximum Gasteiger partial charge on any atom is 0.411 e. The minimum Gasteiger partial charge on any atom is -0.449 e. The first-order valence-corrected chi connectivity index (χ1v) is 5.96. The summed E-state index contributed by atoms with van der Waals surface area (Å²) < 4.78 is 5.09. The Morgan fingerprint density at radius 2 is 1.88 bits per heavy atom. The van der Waals surface area contributed by atoms with Crippen LogP contribution in [0.15, 0.2) is 30.3 Å². The number of hydrogen-bond acceptors (Lipinski definition) is 2. The Morgan fingerprint density at radius 3 is 2.47 bits per heavy atom. The molecule has 3 heteroatoms. The van der Waals surface area contributed by atoms with Crippen LogP contribution in [0.1, 0.15) is 33.6 Å². The summed E-state index contributed by atoms with van der Waals surface area (Å²) in [5, 5.41) is 2.68. The summed E-state index contributed by atoms with van der Waals surface area (Å²) in [6.45, 7) is 7.00. The van der Waals surface area contributed by atoms with E-state index in [0.29, 0.717) is 12.0 Å². The first kappa shape index (κ1) is 13.6. The number of hydrogen-bond donors (Lipinski definition) is 1. The monoisotopic (exact) mass is 235 g/mol. The highest BCUT2D eigenvalue weighted by atomic mass is 16.5. The minimum absolute atomic E-state index is 0.291. The smallest absolute Gasteiger partial charge is 0.411 e. The molecule has 0 aromatic heterocycles. The maximum absolute atomic E-state index is 11.4. The van der Waals surface area contributed by atoms with Crippen LogP contribution in [0.5, 0.6) is 0 Å². The Hall–Kier alpha value is -1.51. The highest BCUT2D eigenvalue weighted by Gasteiger charge is 2.10. The van der Waals surface area contributed by atoms with E-state index >= 15 is 0 Å². The van der Waals surface area contributed by atoms with Gasteiger partial charge in [-0.25, -0.2) is 4.79 Å². The van der Waals surface area contributed by atoms with Crippen molar-refractivity contribution >= 4 is 11.8 Å². The van der Waals surface area contributed by atoms with Gasteiger partial charge in [0.1, 0.15) is 0 Å². The van der Waals surface area contributed by atoms with Crippen molar-refractivity contribution < 1.29 is 9.53 Å². The van der Waals surface area contributed by atoms with Crippen molar-refractivity contribution in [2.45, 2.75) is 33.6 Å². The van der Waals surface area contributed by atoms with Crippen molar-refractivity contribution in [3.8, 4) is 0 Å². The molecule has 0 aliphatic carbocycles. The molecule has 0 aliphatic heterocycles. The maximum atomic E-state index is 11.4. The third kappa shape index (κ3) is 6.61. The summed E-state index contributed by atoms with van der Waals surface area (Å²) in [6.07, 6.45) is 1.56. The third-order valence-corrected chi connectivity index (χ3v) is 2.32. The van der Waals surface area contributed by atoms with E-state index in [2.05, 4.69) is 26.1 Å². The molecule has 1 N–H and O–H groups in total. The van der Waals surface area contributed by atoms with Gasteiger partial charge >= 0.3 is 6.09 Å². The molecule has 17 heavy (non-hydrogen) atoms. The second-order valence-electron chi connectivity index (χ2n) is 5.29. The molecule has 1 aromatic rings. The van der Waals surface area contributed by atoms with Gasteiger partial charge in [-0.15, -0.1) is 0 Å². The molecule has 0 unspecified atom stereocenters. The van der Waals surface area contributed by atoms with Crippen LogP contribution in [-0.2, 0) is 4.74 Å². The highest BCUT2D eigenvalue weighted by Crippen LogP contribution is 2.20. The van der Waals surface area contributed by atoms with E-state index in [1.54, 1.807) is 0 Å². The fourth-order valence-electron chi connectivity index (χ4n) is 1.44. The molecule has 0 saturated heterocycles. The molecule has 1 rings (SSSR count). The van der Waals surface area contributed by atoms with Crippen LogP contribution in [0, 0.1) is 5.41 Å². The summed E-state index contributed by atoms with van der Waals surface area (Å²) >= 11 is 0. The van der Waals surface area contributed by atoms with E-state index < -0.39 is 0 Å². The zero-order valence-corrected chi connectivity index (χ0v) is 10.8. The lowest BCUT2D eigenvalue weighted by Gasteiger charge is -2.17. The highest BCUT2D eigenvalue weighted by molar-refractivity contribution is 5.84. The minimum atomic E-state index is -0.384. The van der Waals surface area contributed by atoms with Crippen molar-refractivity contribution in [1.29, 1.82) is 0 Å². The topological polar surface area (TPSA) is 38.3 Å². The van der Waals surface area contributed by atoms with Crippen molar-refractivity contribution in [1.82, 2.24) is 0 Å². The summed E-state index contributed by atoms with van der Waals surface area (Å²) in [7, 11) is 0. The number of ether oxygens (including phenoxy) is 1. The number of benzene rings is 1. The van der Waals surface area contributed by atoms with E-state index in [1.165, 1.54) is 0 Å². The molecule has 0 heterocycles. The zero-order valence-electron chi connectivity index (χ0n) is 10.8. The summed E-state index contributed by atoms with van der Waals surface area (Å²) in [5.41, 5.74) is 1.05. The molecule has 0 radical (unpaired) electrons. The number of nitrogens with one attached hydrogen (secondary N) is 1.